The zero-order valence-corrected chi connectivity index (χ0v) is 20.5. The Morgan fingerprint density at radius 1 is 1.00 bits per heavy atom. The van der Waals surface area contributed by atoms with Gasteiger partial charge in [0.25, 0.3) is 5.56 Å². The fraction of sp³-hybridized carbons (Fsp3) is 0.346. The van der Waals surface area contributed by atoms with Crippen molar-refractivity contribution in [3.8, 4) is 11.5 Å². The van der Waals surface area contributed by atoms with Crippen molar-refractivity contribution in [2.75, 3.05) is 43.5 Å². The Morgan fingerprint density at radius 2 is 1.72 bits per heavy atom. The SMILES string of the molecule is CCN(Cc1ccc2c(c1)OCCO2)C(=O)CN(CC)c1c(N)n(Cc2ccccc2)c(=O)[nH]c1=O. The molecule has 3 aromatic rings. The number of ether oxygens (including phenoxy) is 2. The molecule has 0 radical (unpaired) electrons. The van der Waals surface area contributed by atoms with Crippen LogP contribution in [-0.4, -0.2) is 53.2 Å². The molecule has 10 nitrogen and oxygen atoms in total. The van der Waals surface area contributed by atoms with Crippen LogP contribution >= 0.6 is 0 Å². The van der Waals surface area contributed by atoms with Gasteiger partial charge in [-0.15, -0.1) is 0 Å². The largest absolute Gasteiger partial charge is 0.486 e. The molecule has 4 rings (SSSR count). The molecule has 3 N–H and O–H groups in total. The molecule has 0 unspecified atom stereocenters. The lowest BCUT2D eigenvalue weighted by Crippen LogP contribution is -2.44. The Labute approximate surface area is 208 Å². The molecular weight excluding hydrogens is 462 g/mol. The zero-order chi connectivity index (χ0) is 25.7. The summed E-state index contributed by atoms with van der Waals surface area (Å²) in [5.74, 6) is 1.21. The lowest BCUT2D eigenvalue weighted by Gasteiger charge is -2.28. The molecule has 0 spiro atoms. The van der Waals surface area contributed by atoms with Crippen molar-refractivity contribution < 1.29 is 14.3 Å². The third kappa shape index (κ3) is 5.37. The first-order valence-electron chi connectivity index (χ1n) is 12.0. The van der Waals surface area contributed by atoms with Crippen molar-refractivity contribution in [1.29, 1.82) is 0 Å². The van der Waals surface area contributed by atoms with Crippen LogP contribution in [0.4, 0.5) is 11.5 Å². The Morgan fingerprint density at radius 3 is 2.42 bits per heavy atom. The number of hydrogen-bond donors (Lipinski definition) is 2. The highest BCUT2D eigenvalue weighted by atomic mass is 16.6. The van der Waals surface area contributed by atoms with Gasteiger partial charge in [0.15, 0.2) is 11.5 Å². The molecule has 0 saturated carbocycles. The summed E-state index contributed by atoms with van der Waals surface area (Å²) in [7, 11) is 0. The molecule has 2 heterocycles. The standard InChI is InChI=1S/C26H31N5O5/c1-3-29(15-19-10-11-20-21(14-19)36-13-12-35-20)22(32)17-30(4-2)23-24(27)31(26(34)28-25(23)33)16-18-8-6-5-7-9-18/h5-11,14H,3-4,12-13,15-17,27H2,1-2H3,(H,28,33,34). The van der Waals surface area contributed by atoms with E-state index in [4.69, 9.17) is 15.2 Å². The number of nitrogen functional groups attached to an aromatic ring is 1. The average molecular weight is 494 g/mol. The van der Waals surface area contributed by atoms with Gasteiger partial charge < -0.3 is 25.0 Å². The number of carbonyl (C=O) groups is 1. The first-order chi connectivity index (χ1) is 17.4. The second kappa shape index (κ2) is 11.0. The molecule has 1 amide bonds. The van der Waals surface area contributed by atoms with Crippen LogP contribution in [0.15, 0.2) is 58.1 Å². The molecule has 0 aliphatic carbocycles. The van der Waals surface area contributed by atoms with E-state index in [1.165, 1.54) is 4.57 Å². The normalized spacial score (nSPS) is 12.3. The fourth-order valence-corrected chi connectivity index (χ4v) is 4.20. The third-order valence-corrected chi connectivity index (χ3v) is 6.14. The van der Waals surface area contributed by atoms with E-state index in [1.807, 2.05) is 62.4 Å². The number of carbonyl (C=O) groups excluding carboxylic acids is 1. The second-order valence-electron chi connectivity index (χ2n) is 8.46. The fourth-order valence-electron chi connectivity index (χ4n) is 4.20. The van der Waals surface area contributed by atoms with E-state index in [9.17, 15) is 14.4 Å². The minimum atomic E-state index is -0.619. The van der Waals surface area contributed by atoms with E-state index in [0.717, 1.165) is 11.1 Å². The quantitative estimate of drug-likeness (QED) is 0.466. The minimum absolute atomic E-state index is 0.0251. The lowest BCUT2D eigenvalue weighted by molar-refractivity contribution is -0.130. The van der Waals surface area contributed by atoms with Crippen LogP contribution in [0, 0.1) is 0 Å². The molecule has 2 aromatic carbocycles. The highest BCUT2D eigenvalue weighted by Gasteiger charge is 2.23. The maximum atomic E-state index is 13.3. The number of nitrogens with zero attached hydrogens (tertiary/aromatic N) is 3. The number of anilines is 2. The first kappa shape index (κ1) is 24.9. The number of aromatic amines is 1. The predicted octanol–water partition coefficient (Wildman–Crippen LogP) is 1.81. The smallest absolute Gasteiger partial charge is 0.330 e. The van der Waals surface area contributed by atoms with E-state index < -0.39 is 11.2 Å². The van der Waals surface area contributed by atoms with Gasteiger partial charge in [-0.2, -0.15) is 0 Å². The number of amides is 1. The molecule has 0 fully saturated rings. The van der Waals surface area contributed by atoms with Crippen LogP contribution in [0.5, 0.6) is 11.5 Å². The highest BCUT2D eigenvalue weighted by molar-refractivity contribution is 5.82. The number of likely N-dealkylation sites (N-methyl/N-ethyl adjacent to an activating group) is 2. The molecule has 1 aliphatic rings. The Bertz CT molecular complexity index is 1330. The lowest BCUT2D eigenvalue weighted by atomic mass is 10.1. The molecule has 190 valence electrons. The van der Waals surface area contributed by atoms with E-state index >= 15 is 0 Å². The first-order valence-corrected chi connectivity index (χ1v) is 12.0. The van der Waals surface area contributed by atoms with Gasteiger partial charge in [0, 0.05) is 19.6 Å². The molecule has 0 saturated heterocycles. The van der Waals surface area contributed by atoms with Crippen molar-refractivity contribution >= 4 is 17.4 Å². The minimum Gasteiger partial charge on any atom is -0.486 e. The zero-order valence-electron chi connectivity index (χ0n) is 20.5. The number of fused-ring (bicyclic) bond motifs is 1. The Hall–Kier alpha value is -4.21. The van der Waals surface area contributed by atoms with E-state index in [0.29, 0.717) is 44.3 Å². The topological polar surface area (TPSA) is 123 Å². The van der Waals surface area contributed by atoms with Gasteiger partial charge in [0.2, 0.25) is 5.91 Å². The van der Waals surface area contributed by atoms with Crippen LogP contribution in [0.3, 0.4) is 0 Å². The van der Waals surface area contributed by atoms with Crippen LogP contribution in [-0.2, 0) is 17.9 Å². The Balaban J connectivity index is 1.55. The monoisotopic (exact) mass is 493 g/mol. The summed E-state index contributed by atoms with van der Waals surface area (Å²) in [4.78, 5) is 44.2. The van der Waals surface area contributed by atoms with Crippen LogP contribution in [0.25, 0.3) is 0 Å². The van der Waals surface area contributed by atoms with Gasteiger partial charge in [-0.25, -0.2) is 4.79 Å². The van der Waals surface area contributed by atoms with Gasteiger partial charge in [-0.1, -0.05) is 36.4 Å². The number of rotatable bonds is 9. The number of aromatic nitrogens is 2. The van der Waals surface area contributed by atoms with Crippen molar-refractivity contribution in [1.82, 2.24) is 14.5 Å². The number of nitrogens with two attached hydrogens (primary N) is 1. The van der Waals surface area contributed by atoms with Gasteiger partial charge in [-0.05, 0) is 37.1 Å². The molecule has 1 aromatic heterocycles. The average Bonchev–Trinajstić information content (AvgIpc) is 2.89. The number of nitrogens with one attached hydrogen (secondary N) is 1. The second-order valence-corrected chi connectivity index (χ2v) is 8.46. The number of H-pyrrole nitrogens is 1. The number of benzene rings is 2. The summed E-state index contributed by atoms with van der Waals surface area (Å²) in [5.41, 5.74) is 7.00. The maximum absolute atomic E-state index is 13.3. The summed E-state index contributed by atoms with van der Waals surface area (Å²) in [6.45, 7) is 6.07. The molecule has 10 heteroatoms. The van der Waals surface area contributed by atoms with Gasteiger partial charge >= 0.3 is 5.69 Å². The highest BCUT2D eigenvalue weighted by Crippen LogP contribution is 2.31. The Kier molecular flexibility index (Phi) is 7.62. The summed E-state index contributed by atoms with van der Waals surface area (Å²) >= 11 is 0. The van der Waals surface area contributed by atoms with E-state index in [2.05, 4.69) is 4.98 Å². The predicted molar refractivity (Wildman–Crippen MR) is 138 cm³/mol. The molecule has 36 heavy (non-hydrogen) atoms. The van der Waals surface area contributed by atoms with Crippen molar-refractivity contribution in [3.05, 3.63) is 80.5 Å². The van der Waals surface area contributed by atoms with Crippen LogP contribution in [0.2, 0.25) is 0 Å². The molecule has 0 bridgehead atoms. The number of hydrogen-bond acceptors (Lipinski definition) is 7. The third-order valence-electron chi connectivity index (χ3n) is 6.14. The summed E-state index contributed by atoms with van der Waals surface area (Å²) in [5, 5.41) is 0. The van der Waals surface area contributed by atoms with Crippen LogP contribution in [0.1, 0.15) is 25.0 Å². The van der Waals surface area contributed by atoms with Crippen molar-refractivity contribution in [3.63, 3.8) is 0 Å². The summed E-state index contributed by atoms with van der Waals surface area (Å²) in [6.07, 6.45) is 0. The molecular formula is C26H31N5O5. The maximum Gasteiger partial charge on any atom is 0.330 e. The van der Waals surface area contributed by atoms with E-state index in [-0.39, 0.29) is 30.5 Å². The molecule has 1 aliphatic heterocycles. The summed E-state index contributed by atoms with van der Waals surface area (Å²) in [6, 6.07) is 15.0. The van der Waals surface area contributed by atoms with Crippen LogP contribution < -0.4 is 31.4 Å². The molecule has 0 atom stereocenters. The van der Waals surface area contributed by atoms with Gasteiger partial charge in [0.05, 0.1) is 13.1 Å². The van der Waals surface area contributed by atoms with Gasteiger partial charge in [0.1, 0.15) is 24.7 Å². The van der Waals surface area contributed by atoms with Gasteiger partial charge in [-0.3, -0.25) is 19.1 Å². The summed E-state index contributed by atoms with van der Waals surface area (Å²) < 4.78 is 12.5. The van der Waals surface area contributed by atoms with E-state index in [1.54, 1.807) is 9.80 Å². The van der Waals surface area contributed by atoms with Crippen molar-refractivity contribution in [2.45, 2.75) is 26.9 Å². The van der Waals surface area contributed by atoms with Crippen molar-refractivity contribution in [2.24, 2.45) is 0 Å².